The number of nitrogens with one attached hydrogen (secondary N) is 1. The van der Waals surface area contributed by atoms with E-state index in [0.717, 1.165) is 0 Å². The van der Waals surface area contributed by atoms with Gasteiger partial charge >= 0.3 is 11.9 Å². The molecular formula is C13H29N5O4S2. The van der Waals surface area contributed by atoms with Gasteiger partial charge in [-0.1, -0.05) is 28.5 Å². The molecule has 9 nitrogen and oxygen atoms in total. The molecule has 11 heteroatoms. The van der Waals surface area contributed by atoms with Crippen LogP contribution < -0.4 is 16.8 Å². The quantitative estimate of drug-likeness (QED) is 0.166. The van der Waals surface area contributed by atoms with Crippen LogP contribution in [0.1, 0.15) is 13.3 Å². The summed E-state index contributed by atoms with van der Waals surface area (Å²) in [6, 6.07) is -0.995. The summed E-state index contributed by atoms with van der Waals surface area (Å²) >= 11 is 0. The Bertz CT molecular complexity index is 431. The topological polar surface area (TPSA) is 145 Å². The van der Waals surface area contributed by atoms with Gasteiger partial charge in [-0.25, -0.2) is 4.79 Å². The maximum Gasteiger partial charge on any atom is 0.339 e. The molecule has 0 aromatic carbocycles. The van der Waals surface area contributed by atoms with Gasteiger partial charge in [0.2, 0.25) is 0 Å². The highest BCUT2D eigenvalue weighted by atomic mass is 33.1. The fraction of sp³-hybridized carbons (Fsp3) is 0.846. The summed E-state index contributed by atoms with van der Waals surface area (Å²) < 4.78 is 0. The lowest BCUT2D eigenvalue weighted by Crippen LogP contribution is -2.76. The number of hydrogen-bond acceptors (Lipinski definition) is 9. The smallest absolute Gasteiger partial charge is 0.339 e. The molecule has 0 rings (SSSR count). The third kappa shape index (κ3) is 6.06. The molecule has 24 heavy (non-hydrogen) atoms. The molecule has 0 radical (unpaired) electrons. The number of carbonyl (C=O) groups is 2. The van der Waals surface area contributed by atoms with E-state index < -0.39 is 29.4 Å². The summed E-state index contributed by atoms with van der Waals surface area (Å²) in [6.07, 6.45) is 0.598. The molecule has 2 atom stereocenters. The van der Waals surface area contributed by atoms with Gasteiger partial charge in [0.25, 0.3) is 0 Å². The SMILES string of the molecule is CCC(NC(N)(CSSCC(N)C(=O)O)C(=O)O)(N(C)C)N(C)C. The van der Waals surface area contributed by atoms with Crippen molar-refractivity contribution in [2.75, 3.05) is 39.7 Å². The highest BCUT2D eigenvalue weighted by Gasteiger charge is 2.45. The first-order valence-corrected chi connectivity index (χ1v) is 9.81. The van der Waals surface area contributed by atoms with E-state index in [1.54, 1.807) is 0 Å². The summed E-state index contributed by atoms with van der Waals surface area (Å²) in [5, 5.41) is 21.4. The van der Waals surface area contributed by atoms with Crippen LogP contribution in [0.3, 0.4) is 0 Å². The van der Waals surface area contributed by atoms with Gasteiger partial charge in [-0.05, 0) is 34.6 Å². The Morgan fingerprint density at radius 2 is 1.67 bits per heavy atom. The first-order valence-electron chi connectivity index (χ1n) is 7.32. The van der Waals surface area contributed by atoms with E-state index in [-0.39, 0.29) is 11.5 Å². The highest BCUT2D eigenvalue weighted by Crippen LogP contribution is 2.27. The van der Waals surface area contributed by atoms with Crippen molar-refractivity contribution in [1.82, 2.24) is 15.1 Å². The summed E-state index contributed by atoms with van der Waals surface area (Å²) in [5.74, 6) is -2.81. The number of rotatable bonds is 12. The Kier molecular flexibility index (Phi) is 9.57. The Hall–Kier alpha value is -0.560. The van der Waals surface area contributed by atoms with Crippen LogP contribution >= 0.6 is 21.6 Å². The predicted molar refractivity (Wildman–Crippen MR) is 98.6 cm³/mol. The predicted octanol–water partition coefficient (Wildman–Crippen LogP) is -0.704. The second kappa shape index (κ2) is 9.80. The molecule has 0 aliphatic rings. The molecule has 7 N–H and O–H groups in total. The molecule has 0 aliphatic heterocycles. The second-order valence-corrected chi connectivity index (χ2v) is 8.36. The monoisotopic (exact) mass is 383 g/mol. The normalized spacial score (nSPS) is 16.2. The summed E-state index contributed by atoms with van der Waals surface area (Å²) in [5.41, 5.74) is 9.84. The van der Waals surface area contributed by atoms with Crippen LogP contribution in [-0.4, -0.2) is 89.1 Å². The average Bonchev–Trinajstić information content (AvgIpc) is 2.47. The van der Waals surface area contributed by atoms with E-state index >= 15 is 0 Å². The average molecular weight is 384 g/mol. The van der Waals surface area contributed by atoms with Gasteiger partial charge in [-0.3, -0.25) is 19.9 Å². The highest BCUT2D eigenvalue weighted by molar-refractivity contribution is 8.76. The summed E-state index contributed by atoms with van der Waals surface area (Å²) in [7, 11) is 9.72. The van der Waals surface area contributed by atoms with E-state index in [9.17, 15) is 14.7 Å². The zero-order valence-electron chi connectivity index (χ0n) is 14.8. The van der Waals surface area contributed by atoms with Crippen molar-refractivity contribution in [2.45, 2.75) is 30.8 Å². The molecule has 0 aromatic rings. The maximum absolute atomic E-state index is 11.7. The third-order valence-electron chi connectivity index (χ3n) is 3.71. The van der Waals surface area contributed by atoms with E-state index in [1.165, 1.54) is 21.6 Å². The summed E-state index contributed by atoms with van der Waals surface area (Å²) in [4.78, 5) is 26.2. The lowest BCUT2D eigenvalue weighted by Gasteiger charge is -2.49. The number of nitrogens with two attached hydrogens (primary N) is 2. The maximum atomic E-state index is 11.7. The first kappa shape index (κ1) is 23.4. The fourth-order valence-electron chi connectivity index (χ4n) is 2.18. The van der Waals surface area contributed by atoms with Gasteiger partial charge < -0.3 is 21.7 Å². The number of carboxylic acids is 2. The lowest BCUT2D eigenvalue weighted by atomic mass is 10.1. The molecule has 0 saturated heterocycles. The minimum absolute atomic E-state index is 0.0444. The van der Waals surface area contributed by atoms with Crippen LogP contribution in [0.15, 0.2) is 0 Å². The van der Waals surface area contributed by atoms with E-state index in [2.05, 4.69) is 5.32 Å². The molecule has 2 unspecified atom stereocenters. The number of hydrogen-bond donors (Lipinski definition) is 5. The van der Waals surface area contributed by atoms with Crippen molar-refractivity contribution in [3.63, 3.8) is 0 Å². The van der Waals surface area contributed by atoms with Crippen molar-refractivity contribution in [1.29, 1.82) is 0 Å². The Morgan fingerprint density at radius 3 is 2.00 bits per heavy atom. The van der Waals surface area contributed by atoms with E-state index in [0.29, 0.717) is 6.42 Å². The molecule has 0 spiro atoms. The molecule has 0 heterocycles. The van der Waals surface area contributed by atoms with E-state index in [1.807, 2.05) is 44.9 Å². The Morgan fingerprint density at radius 1 is 1.17 bits per heavy atom. The zero-order valence-corrected chi connectivity index (χ0v) is 16.4. The van der Waals surface area contributed by atoms with Gasteiger partial charge in [0, 0.05) is 11.5 Å². The van der Waals surface area contributed by atoms with Crippen molar-refractivity contribution >= 4 is 33.5 Å². The van der Waals surface area contributed by atoms with Crippen LogP contribution in [-0.2, 0) is 9.59 Å². The minimum atomic E-state index is -1.68. The number of aliphatic carboxylic acids is 2. The van der Waals surface area contributed by atoms with E-state index in [4.69, 9.17) is 16.6 Å². The molecule has 0 aliphatic carbocycles. The summed E-state index contributed by atoms with van der Waals surface area (Å²) in [6.45, 7) is 1.93. The van der Waals surface area contributed by atoms with Gasteiger partial charge in [0.05, 0.1) is 0 Å². The number of carboxylic acid groups (broad SMARTS) is 2. The molecule has 0 saturated carbocycles. The van der Waals surface area contributed by atoms with Gasteiger partial charge in [0.15, 0.2) is 5.66 Å². The first-order chi connectivity index (χ1) is 10.9. The molecule has 0 fully saturated rings. The fourth-order valence-corrected chi connectivity index (χ4v) is 4.57. The van der Waals surface area contributed by atoms with Gasteiger partial charge in [-0.15, -0.1) is 0 Å². The van der Waals surface area contributed by atoms with Crippen LogP contribution in [0.5, 0.6) is 0 Å². The number of nitrogens with zero attached hydrogens (tertiary/aromatic N) is 2. The van der Waals surface area contributed by atoms with Gasteiger partial charge in [0.1, 0.15) is 11.8 Å². The molecule has 0 bridgehead atoms. The second-order valence-electron chi connectivity index (χ2n) is 5.85. The van der Waals surface area contributed by atoms with Crippen LogP contribution in [0.25, 0.3) is 0 Å². The molecule has 0 aromatic heterocycles. The lowest BCUT2D eigenvalue weighted by molar-refractivity contribution is -0.149. The zero-order chi connectivity index (χ0) is 19.1. The standard InChI is InChI=1S/C13H29N5O4S2/c1-6-13(17(2)3,18(4)5)16-12(15,11(21)22)8-24-23-7-9(14)10(19)20/h9,16H,6-8,14-15H2,1-5H3,(H,19,20)(H,21,22). The minimum Gasteiger partial charge on any atom is -0.480 e. The molecule has 0 amide bonds. The van der Waals surface area contributed by atoms with Crippen molar-refractivity contribution in [3.8, 4) is 0 Å². The Balaban J connectivity index is 5.04. The Labute approximate surface area is 150 Å². The largest absolute Gasteiger partial charge is 0.480 e. The van der Waals surface area contributed by atoms with Crippen LogP contribution in [0.2, 0.25) is 0 Å². The van der Waals surface area contributed by atoms with Crippen LogP contribution in [0, 0.1) is 0 Å². The van der Waals surface area contributed by atoms with Crippen molar-refractivity contribution < 1.29 is 19.8 Å². The van der Waals surface area contributed by atoms with Crippen molar-refractivity contribution in [3.05, 3.63) is 0 Å². The van der Waals surface area contributed by atoms with Crippen molar-refractivity contribution in [2.24, 2.45) is 11.5 Å². The van der Waals surface area contributed by atoms with Crippen LogP contribution in [0.4, 0.5) is 0 Å². The molecular weight excluding hydrogens is 354 g/mol. The van der Waals surface area contributed by atoms with Gasteiger partial charge in [-0.2, -0.15) is 0 Å². The third-order valence-corrected chi connectivity index (χ3v) is 6.21. The molecule has 142 valence electrons.